The number of benzene rings is 1. The van der Waals surface area contributed by atoms with Crippen LogP contribution < -0.4 is 4.74 Å². The molecule has 0 saturated carbocycles. The Hall–Kier alpha value is -1.62. The molecule has 2 rings (SSSR count). The van der Waals surface area contributed by atoms with Crippen LogP contribution in [0.2, 0.25) is 0 Å². The average Bonchev–Trinajstić information content (AvgIpc) is 2.44. The predicted octanol–water partition coefficient (Wildman–Crippen LogP) is 0.996. The second-order valence-corrected chi connectivity index (χ2v) is 2.80. The molecule has 0 aliphatic carbocycles. The molecule has 1 atom stereocenters. The highest BCUT2D eigenvalue weighted by Gasteiger charge is 2.35. The molecule has 0 amide bonds. The van der Waals surface area contributed by atoms with Crippen LogP contribution in [0, 0.1) is 5.82 Å². The number of cyclic esters (lactones) is 1. The second-order valence-electron chi connectivity index (χ2n) is 2.80. The average molecular weight is 198 g/mol. The number of rotatable bonds is 1. The number of hydrogen-bond acceptors (Lipinski definition) is 4. The van der Waals surface area contributed by atoms with E-state index in [-0.39, 0.29) is 16.9 Å². The molecule has 1 aromatic rings. The molecule has 0 bridgehead atoms. The molecular weight excluding hydrogens is 191 g/mol. The molecule has 0 aromatic heterocycles. The molecule has 1 aliphatic rings. The van der Waals surface area contributed by atoms with Crippen LogP contribution in [0.1, 0.15) is 22.2 Å². The van der Waals surface area contributed by atoms with Crippen molar-refractivity contribution >= 4 is 5.97 Å². The van der Waals surface area contributed by atoms with Gasteiger partial charge >= 0.3 is 5.97 Å². The van der Waals surface area contributed by atoms with Gasteiger partial charge in [0.2, 0.25) is 6.29 Å². The summed E-state index contributed by atoms with van der Waals surface area (Å²) in [5.74, 6) is -1.26. The molecule has 5 heteroatoms. The van der Waals surface area contributed by atoms with Crippen molar-refractivity contribution in [3.8, 4) is 5.75 Å². The first-order valence-electron chi connectivity index (χ1n) is 3.90. The van der Waals surface area contributed by atoms with E-state index in [2.05, 4.69) is 4.74 Å². The number of ether oxygens (including phenoxy) is 2. The van der Waals surface area contributed by atoms with Crippen LogP contribution in [0.15, 0.2) is 12.1 Å². The highest BCUT2D eigenvalue weighted by molar-refractivity contribution is 5.96. The van der Waals surface area contributed by atoms with E-state index in [0.29, 0.717) is 0 Å². The second kappa shape index (κ2) is 2.95. The van der Waals surface area contributed by atoms with Gasteiger partial charge in [-0.05, 0) is 12.1 Å². The molecule has 0 fully saturated rings. The Morgan fingerprint density at radius 1 is 1.57 bits per heavy atom. The van der Waals surface area contributed by atoms with E-state index in [4.69, 9.17) is 4.74 Å². The molecule has 1 aromatic carbocycles. The van der Waals surface area contributed by atoms with Crippen LogP contribution in [0.5, 0.6) is 5.75 Å². The molecule has 1 heterocycles. The van der Waals surface area contributed by atoms with Crippen molar-refractivity contribution in [2.24, 2.45) is 0 Å². The van der Waals surface area contributed by atoms with Gasteiger partial charge in [0.1, 0.15) is 17.1 Å². The zero-order valence-electron chi connectivity index (χ0n) is 7.28. The predicted molar refractivity (Wildman–Crippen MR) is 43.3 cm³/mol. The maximum absolute atomic E-state index is 13.2. The lowest BCUT2D eigenvalue weighted by Crippen LogP contribution is -1.99. The van der Waals surface area contributed by atoms with Gasteiger partial charge in [-0.3, -0.25) is 0 Å². The van der Waals surface area contributed by atoms with Crippen molar-refractivity contribution in [3.63, 3.8) is 0 Å². The highest BCUT2D eigenvalue weighted by atomic mass is 19.1. The zero-order chi connectivity index (χ0) is 10.3. The van der Waals surface area contributed by atoms with Gasteiger partial charge < -0.3 is 14.6 Å². The van der Waals surface area contributed by atoms with Gasteiger partial charge in [-0.15, -0.1) is 0 Å². The summed E-state index contributed by atoms with van der Waals surface area (Å²) in [4.78, 5) is 11.2. The van der Waals surface area contributed by atoms with Gasteiger partial charge in [0.25, 0.3) is 0 Å². The van der Waals surface area contributed by atoms with Crippen molar-refractivity contribution in [1.29, 1.82) is 0 Å². The van der Waals surface area contributed by atoms with Gasteiger partial charge in [-0.1, -0.05) is 0 Å². The summed E-state index contributed by atoms with van der Waals surface area (Å²) in [6, 6.07) is 2.43. The van der Waals surface area contributed by atoms with Crippen LogP contribution in [0.4, 0.5) is 4.39 Å². The highest BCUT2D eigenvalue weighted by Crippen LogP contribution is 2.36. The third kappa shape index (κ3) is 1.06. The van der Waals surface area contributed by atoms with Gasteiger partial charge in [0.05, 0.1) is 12.7 Å². The normalized spacial score (nSPS) is 19.1. The molecule has 1 unspecified atom stereocenters. The minimum atomic E-state index is -1.53. The monoisotopic (exact) mass is 198 g/mol. The first-order valence-corrected chi connectivity index (χ1v) is 3.90. The Morgan fingerprint density at radius 3 is 2.93 bits per heavy atom. The lowest BCUT2D eigenvalue weighted by molar-refractivity contribution is -0.0562. The molecule has 0 radical (unpaired) electrons. The summed E-state index contributed by atoms with van der Waals surface area (Å²) in [5, 5.41) is 9.21. The fourth-order valence-corrected chi connectivity index (χ4v) is 1.42. The van der Waals surface area contributed by atoms with Crippen molar-refractivity contribution in [3.05, 3.63) is 29.1 Å². The van der Waals surface area contributed by atoms with Crippen molar-refractivity contribution in [1.82, 2.24) is 0 Å². The van der Waals surface area contributed by atoms with E-state index in [0.717, 1.165) is 6.07 Å². The van der Waals surface area contributed by atoms with Crippen LogP contribution >= 0.6 is 0 Å². The summed E-state index contributed by atoms with van der Waals surface area (Å²) >= 11 is 0. The molecule has 1 N–H and O–H groups in total. The van der Waals surface area contributed by atoms with E-state index in [1.165, 1.54) is 13.2 Å². The van der Waals surface area contributed by atoms with E-state index >= 15 is 0 Å². The fourth-order valence-electron chi connectivity index (χ4n) is 1.42. The lowest BCUT2D eigenvalue weighted by atomic mass is 10.1. The van der Waals surface area contributed by atoms with Crippen LogP contribution in [0.25, 0.3) is 0 Å². The largest absolute Gasteiger partial charge is 0.496 e. The summed E-state index contributed by atoms with van der Waals surface area (Å²) in [6.45, 7) is 0. The number of aliphatic hydroxyl groups excluding tert-OH is 1. The van der Waals surface area contributed by atoms with E-state index in [1.807, 2.05) is 0 Å². The van der Waals surface area contributed by atoms with Gasteiger partial charge in [-0.25, -0.2) is 9.18 Å². The molecule has 0 spiro atoms. The topological polar surface area (TPSA) is 55.8 Å². The maximum atomic E-state index is 13.2. The molecular formula is C9H7FO4. The van der Waals surface area contributed by atoms with Crippen LogP contribution in [-0.2, 0) is 4.74 Å². The minimum absolute atomic E-state index is 0.0417. The Bertz CT molecular complexity index is 402. The van der Waals surface area contributed by atoms with Gasteiger partial charge in [0.15, 0.2) is 0 Å². The lowest BCUT2D eigenvalue weighted by Gasteiger charge is -2.05. The fraction of sp³-hybridized carbons (Fsp3) is 0.222. The van der Waals surface area contributed by atoms with Gasteiger partial charge in [-0.2, -0.15) is 0 Å². The van der Waals surface area contributed by atoms with Gasteiger partial charge in [0, 0.05) is 0 Å². The molecule has 14 heavy (non-hydrogen) atoms. The standard InChI is InChI=1S/C9H7FO4/c1-13-5-3-2-4(10)6-7(5)9(12)14-8(6)11/h2-3,8,11H,1H3. The summed E-state index contributed by atoms with van der Waals surface area (Å²) in [5.41, 5.74) is -0.200. The van der Waals surface area contributed by atoms with E-state index in [9.17, 15) is 14.3 Å². The Morgan fingerprint density at radius 2 is 2.29 bits per heavy atom. The number of halogens is 1. The third-order valence-corrected chi connectivity index (χ3v) is 2.04. The summed E-state index contributed by atoms with van der Waals surface area (Å²) < 4.78 is 22.5. The van der Waals surface area contributed by atoms with E-state index < -0.39 is 18.1 Å². The quantitative estimate of drug-likeness (QED) is 0.684. The van der Waals surface area contributed by atoms with Crippen molar-refractivity contribution in [2.45, 2.75) is 6.29 Å². The van der Waals surface area contributed by atoms with Crippen molar-refractivity contribution in [2.75, 3.05) is 7.11 Å². The Labute approximate surface area is 78.9 Å². The van der Waals surface area contributed by atoms with E-state index in [1.54, 1.807) is 0 Å². The number of carbonyl (C=O) groups excluding carboxylic acids is 1. The number of hydrogen-bond donors (Lipinski definition) is 1. The minimum Gasteiger partial charge on any atom is -0.496 e. The third-order valence-electron chi connectivity index (χ3n) is 2.04. The molecule has 4 nitrogen and oxygen atoms in total. The zero-order valence-corrected chi connectivity index (χ0v) is 7.28. The first kappa shape index (κ1) is 8.96. The van der Waals surface area contributed by atoms with Crippen LogP contribution in [0.3, 0.4) is 0 Å². The maximum Gasteiger partial charge on any atom is 0.345 e. The SMILES string of the molecule is COc1ccc(F)c2c1C(=O)OC2O. The smallest absolute Gasteiger partial charge is 0.345 e. The Balaban J connectivity index is 2.69. The number of carbonyl (C=O) groups is 1. The molecule has 74 valence electrons. The number of methoxy groups -OCH3 is 1. The van der Waals surface area contributed by atoms with Crippen molar-refractivity contribution < 1.29 is 23.8 Å². The summed E-state index contributed by atoms with van der Waals surface area (Å²) in [7, 11) is 1.35. The molecule has 1 aliphatic heterocycles. The summed E-state index contributed by atoms with van der Waals surface area (Å²) in [6.07, 6.45) is -1.53. The molecule has 0 saturated heterocycles. The Kier molecular flexibility index (Phi) is 1.89. The number of esters is 1. The number of aliphatic hydroxyl groups is 1. The first-order chi connectivity index (χ1) is 6.65. The number of fused-ring (bicyclic) bond motifs is 1. The van der Waals surface area contributed by atoms with Crippen LogP contribution in [-0.4, -0.2) is 18.2 Å².